The van der Waals surface area contributed by atoms with Crippen LogP contribution < -0.4 is 0 Å². The summed E-state index contributed by atoms with van der Waals surface area (Å²) in [5.74, 6) is 0. The SMILES string of the molecule is Cc1ccc(S(=O)n2cc(C)c3c(C)ncnc32)cc1. The van der Waals surface area contributed by atoms with E-state index in [0.717, 1.165) is 27.1 Å². The van der Waals surface area contributed by atoms with Gasteiger partial charge in [0.15, 0.2) is 16.6 Å². The van der Waals surface area contributed by atoms with E-state index < -0.39 is 11.0 Å². The molecule has 0 aliphatic heterocycles. The lowest BCUT2D eigenvalue weighted by Gasteiger charge is -2.05. The van der Waals surface area contributed by atoms with E-state index >= 15 is 0 Å². The van der Waals surface area contributed by atoms with Crippen molar-refractivity contribution in [2.24, 2.45) is 0 Å². The number of nitrogens with zero attached hydrogens (tertiary/aromatic N) is 3. The molecule has 0 aliphatic carbocycles. The van der Waals surface area contributed by atoms with E-state index in [2.05, 4.69) is 9.97 Å². The third-order valence-electron chi connectivity index (χ3n) is 3.33. The van der Waals surface area contributed by atoms with Crippen molar-refractivity contribution in [1.29, 1.82) is 0 Å². The first-order valence-electron chi connectivity index (χ1n) is 6.36. The van der Waals surface area contributed by atoms with Gasteiger partial charge >= 0.3 is 0 Å². The van der Waals surface area contributed by atoms with Crippen LogP contribution in [0.3, 0.4) is 0 Å². The lowest BCUT2D eigenvalue weighted by atomic mass is 10.2. The summed E-state index contributed by atoms with van der Waals surface area (Å²) in [6, 6.07) is 7.71. The molecule has 102 valence electrons. The van der Waals surface area contributed by atoms with Gasteiger partial charge in [-0.1, -0.05) is 17.7 Å². The second-order valence-corrected chi connectivity index (χ2v) is 6.22. The van der Waals surface area contributed by atoms with Crippen LogP contribution >= 0.6 is 0 Å². The predicted molar refractivity (Wildman–Crippen MR) is 80.0 cm³/mol. The van der Waals surface area contributed by atoms with E-state index in [1.54, 1.807) is 3.97 Å². The standard InChI is InChI=1S/C15H15N3OS/c1-10-4-6-13(7-5-10)20(19)18-8-11(2)14-12(3)16-9-17-15(14)18/h4-9H,1-3H3. The Morgan fingerprint density at radius 1 is 1.05 bits per heavy atom. The lowest BCUT2D eigenvalue weighted by molar-refractivity contribution is 0.678. The molecule has 0 bridgehead atoms. The van der Waals surface area contributed by atoms with E-state index in [9.17, 15) is 4.21 Å². The number of aromatic nitrogens is 3. The van der Waals surface area contributed by atoms with E-state index in [0.29, 0.717) is 5.65 Å². The summed E-state index contributed by atoms with van der Waals surface area (Å²) in [4.78, 5) is 9.25. The lowest BCUT2D eigenvalue weighted by Crippen LogP contribution is -2.04. The average molecular weight is 285 g/mol. The molecule has 0 saturated carbocycles. The molecule has 2 aromatic heterocycles. The Labute approximate surface area is 120 Å². The van der Waals surface area contributed by atoms with Crippen LogP contribution in [0, 0.1) is 20.8 Å². The smallest absolute Gasteiger partial charge is 0.158 e. The molecule has 1 atom stereocenters. The van der Waals surface area contributed by atoms with Crippen LogP contribution in [0.2, 0.25) is 0 Å². The largest absolute Gasteiger partial charge is 0.245 e. The molecule has 0 amide bonds. The summed E-state index contributed by atoms with van der Waals surface area (Å²) in [7, 11) is -1.29. The molecule has 3 aromatic rings. The van der Waals surface area contributed by atoms with Crippen molar-refractivity contribution in [3.63, 3.8) is 0 Å². The number of hydrogen-bond acceptors (Lipinski definition) is 3. The number of aryl methyl sites for hydroxylation is 3. The van der Waals surface area contributed by atoms with Crippen molar-refractivity contribution in [2.75, 3.05) is 0 Å². The fourth-order valence-electron chi connectivity index (χ4n) is 2.29. The van der Waals surface area contributed by atoms with Crippen molar-refractivity contribution in [2.45, 2.75) is 25.7 Å². The number of rotatable bonds is 2. The molecular weight excluding hydrogens is 270 g/mol. The molecule has 0 radical (unpaired) electrons. The Balaban J connectivity index is 2.17. The Kier molecular flexibility index (Phi) is 3.14. The molecule has 2 heterocycles. The zero-order valence-corrected chi connectivity index (χ0v) is 12.4. The summed E-state index contributed by atoms with van der Waals surface area (Å²) >= 11 is 0. The van der Waals surface area contributed by atoms with Gasteiger partial charge in [0.25, 0.3) is 0 Å². The Hall–Kier alpha value is -2.01. The molecule has 5 heteroatoms. The van der Waals surface area contributed by atoms with Gasteiger partial charge in [0.1, 0.15) is 6.33 Å². The Morgan fingerprint density at radius 2 is 1.75 bits per heavy atom. The highest BCUT2D eigenvalue weighted by molar-refractivity contribution is 7.83. The fourth-order valence-corrected chi connectivity index (χ4v) is 3.43. The zero-order valence-electron chi connectivity index (χ0n) is 11.6. The highest BCUT2D eigenvalue weighted by Gasteiger charge is 2.15. The first-order valence-corrected chi connectivity index (χ1v) is 7.47. The van der Waals surface area contributed by atoms with Crippen molar-refractivity contribution >= 4 is 22.0 Å². The van der Waals surface area contributed by atoms with Gasteiger partial charge in [0, 0.05) is 11.6 Å². The second kappa shape index (κ2) is 4.83. The quantitative estimate of drug-likeness (QED) is 0.727. The Morgan fingerprint density at radius 3 is 2.45 bits per heavy atom. The van der Waals surface area contributed by atoms with Gasteiger partial charge in [-0.15, -0.1) is 0 Å². The van der Waals surface area contributed by atoms with Crippen LogP contribution in [0.4, 0.5) is 0 Å². The monoisotopic (exact) mass is 285 g/mol. The summed E-state index contributed by atoms with van der Waals surface area (Å²) in [5, 5.41) is 0.980. The van der Waals surface area contributed by atoms with Crippen LogP contribution in [0.25, 0.3) is 11.0 Å². The maximum Gasteiger partial charge on any atom is 0.158 e. The van der Waals surface area contributed by atoms with Crippen LogP contribution in [0.1, 0.15) is 16.8 Å². The van der Waals surface area contributed by atoms with Gasteiger partial charge in [0.2, 0.25) is 0 Å². The van der Waals surface area contributed by atoms with Crippen LogP contribution in [-0.2, 0) is 11.0 Å². The van der Waals surface area contributed by atoms with Crippen molar-refractivity contribution < 1.29 is 4.21 Å². The van der Waals surface area contributed by atoms with E-state index in [1.807, 2.05) is 51.2 Å². The molecule has 3 rings (SSSR count). The third kappa shape index (κ3) is 2.04. The summed E-state index contributed by atoms with van der Waals surface area (Å²) < 4.78 is 14.4. The number of fused-ring (bicyclic) bond motifs is 1. The van der Waals surface area contributed by atoms with Gasteiger partial charge in [-0.25, -0.2) is 18.1 Å². The average Bonchev–Trinajstić information content (AvgIpc) is 2.77. The number of benzene rings is 1. The number of hydrogen-bond donors (Lipinski definition) is 0. The van der Waals surface area contributed by atoms with Gasteiger partial charge in [-0.3, -0.25) is 0 Å². The maximum absolute atomic E-state index is 12.7. The molecule has 20 heavy (non-hydrogen) atoms. The van der Waals surface area contributed by atoms with E-state index in [4.69, 9.17) is 0 Å². The minimum atomic E-state index is -1.29. The Bertz CT molecular complexity index is 806. The van der Waals surface area contributed by atoms with Gasteiger partial charge in [0.05, 0.1) is 10.6 Å². The molecular formula is C15H15N3OS. The normalized spacial score (nSPS) is 12.8. The van der Waals surface area contributed by atoms with Crippen molar-refractivity contribution in [1.82, 2.24) is 13.9 Å². The van der Waals surface area contributed by atoms with E-state index in [1.165, 1.54) is 6.33 Å². The first kappa shape index (κ1) is 13.0. The van der Waals surface area contributed by atoms with Crippen molar-refractivity contribution in [3.05, 3.63) is 53.6 Å². The summed E-state index contributed by atoms with van der Waals surface area (Å²) in [6.45, 7) is 5.94. The summed E-state index contributed by atoms with van der Waals surface area (Å²) in [6.07, 6.45) is 3.39. The zero-order chi connectivity index (χ0) is 14.3. The predicted octanol–water partition coefficient (Wildman–Crippen LogP) is 2.93. The second-order valence-electron chi connectivity index (χ2n) is 4.86. The van der Waals surface area contributed by atoms with Gasteiger partial charge in [-0.05, 0) is 38.5 Å². The first-order chi connectivity index (χ1) is 9.58. The summed E-state index contributed by atoms with van der Waals surface area (Å²) in [5.41, 5.74) is 3.82. The topological polar surface area (TPSA) is 47.8 Å². The highest BCUT2D eigenvalue weighted by Crippen LogP contribution is 2.23. The molecule has 4 nitrogen and oxygen atoms in total. The van der Waals surface area contributed by atoms with E-state index in [-0.39, 0.29) is 0 Å². The van der Waals surface area contributed by atoms with Crippen LogP contribution in [0.5, 0.6) is 0 Å². The van der Waals surface area contributed by atoms with Crippen LogP contribution in [0.15, 0.2) is 41.7 Å². The molecule has 0 aliphatic rings. The molecule has 1 unspecified atom stereocenters. The maximum atomic E-state index is 12.7. The minimum absolute atomic E-state index is 0.717. The van der Waals surface area contributed by atoms with Crippen LogP contribution in [-0.4, -0.2) is 18.1 Å². The molecule has 0 saturated heterocycles. The van der Waals surface area contributed by atoms with Gasteiger partial charge in [-0.2, -0.15) is 0 Å². The highest BCUT2D eigenvalue weighted by atomic mass is 32.2. The fraction of sp³-hybridized carbons (Fsp3) is 0.200. The minimum Gasteiger partial charge on any atom is -0.245 e. The van der Waals surface area contributed by atoms with Crippen molar-refractivity contribution in [3.8, 4) is 0 Å². The van der Waals surface area contributed by atoms with Gasteiger partial charge < -0.3 is 0 Å². The molecule has 0 fully saturated rings. The molecule has 0 N–H and O–H groups in total. The molecule has 1 aromatic carbocycles. The third-order valence-corrected chi connectivity index (χ3v) is 4.64. The molecule has 0 spiro atoms.